The van der Waals surface area contributed by atoms with Crippen molar-refractivity contribution in [1.82, 2.24) is 5.32 Å². The highest BCUT2D eigenvalue weighted by Crippen LogP contribution is 2.38. The van der Waals surface area contributed by atoms with Gasteiger partial charge in [0.2, 0.25) is 5.91 Å². The van der Waals surface area contributed by atoms with Gasteiger partial charge in [-0.1, -0.05) is 257 Å². The molecular weight excluding hydrogens is 936 g/mol. The van der Waals surface area contributed by atoms with Crippen molar-refractivity contribution in [2.75, 3.05) is 40.9 Å². The van der Waals surface area contributed by atoms with E-state index in [1.807, 2.05) is 27.2 Å². The molecule has 74 heavy (non-hydrogen) atoms. The molecule has 8 nitrogen and oxygen atoms in total. The van der Waals surface area contributed by atoms with Crippen LogP contribution in [0, 0.1) is 0 Å². The number of carbonyl (C=O) groups is 1. The molecule has 1 amide bonds. The minimum Gasteiger partial charge on any atom is -0.756 e. The summed E-state index contributed by atoms with van der Waals surface area (Å²) in [6.45, 7) is 4.52. The van der Waals surface area contributed by atoms with Gasteiger partial charge in [0, 0.05) is 6.42 Å². The van der Waals surface area contributed by atoms with Gasteiger partial charge in [-0.05, 0) is 89.9 Å². The number of rotatable bonds is 53. The summed E-state index contributed by atoms with van der Waals surface area (Å²) >= 11 is 0. The van der Waals surface area contributed by atoms with Gasteiger partial charge in [-0.3, -0.25) is 9.36 Å². The fourth-order valence-corrected chi connectivity index (χ4v) is 8.75. The van der Waals surface area contributed by atoms with Gasteiger partial charge in [0.15, 0.2) is 0 Å². The van der Waals surface area contributed by atoms with Crippen LogP contribution in [0.2, 0.25) is 0 Å². The third-order valence-corrected chi connectivity index (χ3v) is 13.6. The number of amides is 1. The van der Waals surface area contributed by atoms with E-state index >= 15 is 0 Å². The molecule has 0 aromatic rings. The predicted molar refractivity (Wildman–Crippen MR) is 320 cm³/mol. The van der Waals surface area contributed by atoms with Gasteiger partial charge in [0.25, 0.3) is 7.82 Å². The van der Waals surface area contributed by atoms with Crippen LogP contribution in [-0.2, 0) is 18.4 Å². The molecule has 0 aliphatic heterocycles. The summed E-state index contributed by atoms with van der Waals surface area (Å²) < 4.78 is 23.3. The zero-order valence-electron chi connectivity index (χ0n) is 48.2. The average molecular weight is 1050 g/mol. The topological polar surface area (TPSA) is 108 Å². The van der Waals surface area contributed by atoms with Crippen LogP contribution in [0.4, 0.5) is 0 Å². The Morgan fingerprint density at radius 2 is 0.824 bits per heavy atom. The summed E-state index contributed by atoms with van der Waals surface area (Å²) in [6.07, 6.45) is 81.3. The number of phosphoric ester groups is 1. The molecule has 0 fully saturated rings. The molecule has 0 saturated heterocycles. The zero-order valence-corrected chi connectivity index (χ0v) is 49.1. The molecule has 424 valence electrons. The average Bonchev–Trinajstić information content (AvgIpc) is 3.36. The second-order valence-corrected chi connectivity index (χ2v) is 22.4. The lowest BCUT2D eigenvalue weighted by Gasteiger charge is -2.29. The SMILES string of the molecule is CC/C=C\C/C=C\C/C=C\C/C=C\C/C=C\C/C=C\C/C=C\C/C=C\C/C=C\CCCCCCCCCC(=O)NC(COP(=O)([O-])OCC[N+](C)(C)C)C(O)/C=C/CCCCCCCCCCCCCCCCC. The van der Waals surface area contributed by atoms with Crippen LogP contribution in [0.1, 0.15) is 232 Å². The van der Waals surface area contributed by atoms with E-state index < -0.39 is 26.6 Å². The Hall–Kier alpha value is -3.10. The molecule has 0 spiro atoms. The molecule has 0 aliphatic carbocycles. The normalized spacial score (nSPS) is 14.7. The third-order valence-electron chi connectivity index (χ3n) is 12.7. The van der Waals surface area contributed by atoms with Crippen LogP contribution < -0.4 is 10.2 Å². The summed E-state index contributed by atoms with van der Waals surface area (Å²) in [5, 5.41) is 13.9. The summed E-state index contributed by atoms with van der Waals surface area (Å²) in [5.41, 5.74) is 0. The number of phosphoric acid groups is 1. The predicted octanol–water partition coefficient (Wildman–Crippen LogP) is 17.9. The van der Waals surface area contributed by atoms with E-state index in [1.165, 1.54) is 103 Å². The van der Waals surface area contributed by atoms with Crippen LogP contribution >= 0.6 is 7.82 Å². The number of aliphatic hydroxyl groups is 1. The van der Waals surface area contributed by atoms with Crippen molar-refractivity contribution in [1.29, 1.82) is 0 Å². The number of nitrogens with zero attached hydrogens (tertiary/aromatic N) is 1. The maximum atomic E-state index is 13.0. The van der Waals surface area contributed by atoms with Crippen molar-refractivity contribution >= 4 is 13.7 Å². The fourth-order valence-electron chi connectivity index (χ4n) is 8.03. The van der Waals surface area contributed by atoms with Crippen molar-refractivity contribution in [3.8, 4) is 0 Å². The van der Waals surface area contributed by atoms with Gasteiger partial charge in [0.1, 0.15) is 13.2 Å². The summed E-state index contributed by atoms with van der Waals surface area (Å²) in [4.78, 5) is 25.5. The molecule has 0 aliphatic rings. The number of aliphatic hydroxyl groups excluding tert-OH is 1. The molecule has 0 aromatic heterocycles. The lowest BCUT2D eigenvalue weighted by atomic mass is 10.0. The fraction of sp³-hybridized carbons (Fsp3) is 0.677. The number of nitrogens with one attached hydrogen (secondary N) is 1. The van der Waals surface area contributed by atoms with E-state index in [-0.39, 0.29) is 12.5 Å². The van der Waals surface area contributed by atoms with E-state index in [4.69, 9.17) is 9.05 Å². The van der Waals surface area contributed by atoms with Crippen molar-refractivity contribution in [3.05, 3.63) is 122 Å². The first-order valence-electron chi connectivity index (χ1n) is 29.9. The molecule has 0 aromatic carbocycles. The van der Waals surface area contributed by atoms with Crippen LogP contribution in [0.15, 0.2) is 122 Å². The maximum Gasteiger partial charge on any atom is 0.268 e. The van der Waals surface area contributed by atoms with E-state index in [0.717, 1.165) is 109 Å². The quantitative estimate of drug-likeness (QED) is 0.0272. The molecule has 0 heterocycles. The molecule has 9 heteroatoms. The van der Waals surface area contributed by atoms with E-state index in [9.17, 15) is 19.4 Å². The summed E-state index contributed by atoms with van der Waals surface area (Å²) in [6, 6.07) is -0.901. The van der Waals surface area contributed by atoms with Gasteiger partial charge in [-0.15, -0.1) is 0 Å². The third kappa shape index (κ3) is 56.6. The smallest absolute Gasteiger partial charge is 0.268 e. The highest BCUT2D eigenvalue weighted by molar-refractivity contribution is 7.45. The Kier molecular flexibility index (Phi) is 52.4. The molecule has 3 atom stereocenters. The minimum atomic E-state index is -4.61. The van der Waals surface area contributed by atoms with Crippen LogP contribution in [0.3, 0.4) is 0 Å². The van der Waals surface area contributed by atoms with Crippen LogP contribution in [-0.4, -0.2) is 68.5 Å². The maximum absolute atomic E-state index is 13.0. The van der Waals surface area contributed by atoms with Gasteiger partial charge in [-0.25, -0.2) is 0 Å². The van der Waals surface area contributed by atoms with Gasteiger partial charge in [0.05, 0.1) is 39.9 Å². The van der Waals surface area contributed by atoms with Crippen molar-refractivity contribution in [2.24, 2.45) is 0 Å². The van der Waals surface area contributed by atoms with Crippen LogP contribution in [0.25, 0.3) is 0 Å². The Bertz CT molecular complexity index is 1620. The molecule has 0 saturated carbocycles. The molecule has 0 rings (SSSR count). The first kappa shape index (κ1) is 70.9. The number of unbranched alkanes of at least 4 members (excludes halogenated alkanes) is 22. The standard InChI is InChI=1S/C65H113N2O6P/c1-6-8-10-12-14-16-18-20-22-24-25-26-27-28-29-30-31-32-33-34-35-36-37-38-39-40-41-43-45-47-49-51-53-55-57-59-65(69)66-63(62-73-74(70,71)72-61-60-67(3,4)5)64(68)58-56-54-52-50-48-46-44-42-23-21-19-17-15-13-11-9-7-2/h8,10,14,16,20,22,25-26,28-29,31-32,34-35,37-38,40-41,56,58,63-64,68H,6-7,9,11-13,15,17-19,21,23-24,27,30,33,36,39,42-55,57,59-62H2,1-5H3,(H-,66,69,70,71)/b10-8-,16-14-,22-20-,26-25-,29-28-,32-31-,35-34-,38-37-,41-40-,58-56+. The molecule has 0 radical (unpaired) electrons. The number of allylic oxidation sites excluding steroid dienone is 19. The number of hydrogen-bond acceptors (Lipinski definition) is 6. The zero-order chi connectivity index (χ0) is 54.2. The van der Waals surface area contributed by atoms with Gasteiger partial charge < -0.3 is 28.8 Å². The van der Waals surface area contributed by atoms with E-state index in [1.54, 1.807) is 6.08 Å². The largest absolute Gasteiger partial charge is 0.756 e. The minimum absolute atomic E-state index is 0.00926. The monoisotopic (exact) mass is 1050 g/mol. The number of hydrogen-bond donors (Lipinski definition) is 2. The van der Waals surface area contributed by atoms with Crippen molar-refractivity contribution < 1.29 is 32.9 Å². The second-order valence-electron chi connectivity index (χ2n) is 21.0. The lowest BCUT2D eigenvalue weighted by molar-refractivity contribution is -0.870. The van der Waals surface area contributed by atoms with E-state index in [0.29, 0.717) is 17.4 Å². The Morgan fingerprint density at radius 3 is 1.20 bits per heavy atom. The van der Waals surface area contributed by atoms with Crippen molar-refractivity contribution in [3.63, 3.8) is 0 Å². The summed E-state index contributed by atoms with van der Waals surface area (Å²) in [5.74, 6) is -0.213. The molecule has 0 bridgehead atoms. The van der Waals surface area contributed by atoms with Gasteiger partial charge >= 0.3 is 0 Å². The lowest BCUT2D eigenvalue weighted by Crippen LogP contribution is -2.45. The second kappa shape index (κ2) is 54.7. The van der Waals surface area contributed by atoms with Gasteiger partial charge in [-0.2, -0.15) is 0 Å². The number of carbonyl (C=O) groups excluding carboxylic acids is 1. The molecule has 2 N–H and O–H groups in total. The van der Waals surface area contributed by atoms with Crippen LogP contribution in [0.5, 0.6) is 0 Å². The molecular formula is C65H113N2O6P. The first-order chi connectivity index (χ1) is 36.0. The Balaban J connectivity index is 4.22. The Morgan fingerprint density at radius 1 is 0.486 bits per heavy atom. The first-order valence-corrected chi connectivity index (χ1v) is 31.4. The molecule has 3 unspecified atom stereocenters. The highest BCUT2D eigenvalue weighted by Gasteiger charge is 2.23. The highest BCUT2D eigenvalue weighted by atomic mass is 31.2. The Labute approximate surface area is 456 Å². The summed E-state index contributed by atoms with van der Waals surface area (Å²) in [7, 11) is 1.24. The number of quaternary nitrogens is 1. The number of likely N-dealkylation sites (N-methyl/N-ethyl adjacent to an activating group) is 1. The van der Waals surface area contributed by atoms with E-state index in [2.05, 4.69) is 129 Å². The van der Waals surface area contributed by atoms with Crippen molar-refractivity contribution in [2.45, 2.75) is 244 Å².